The van der Waals surface area contributed by atoms with Gasteiger partial charge in [0.2, 0.25) is 0 Å². The van der Waals surface area contributed by atoms with Crippen LogP contribution in [0, 0.1) is 0 Å². The SMILES string of the molecule is C=C(SCc1cc(Cl)c(O)cc1Cl)C(N)=S. The van der Waals surface area contributed by atoms with Gasteiger partial charge in [0.1, 0.15) is 10.7 Å². The summed E-state index contributed by atoms with van der Waals surface area (Å²) in [5, 5.41) is 10.0. The van der Waals surface area contributed by atoms with Crippen LogP contribution in [0.3, 0.4) is 0 Å². The molecule has 0 fully saturated rings. The van der Waals surface area contributed by atoms with Gasteiger partial charge in [0, 0.05) is 21.7 Å². The summed E-state index contributed by atoms with van der Waals surface area (Å²) in [5.41, 5.74) is 6.20. The van der Waals surface area contributed by atoms with Crippen molar-refractivity contribution in [1.29, 1.82) is 0 Å². The maximum Gasteiger partial charge on any atom is 0.135 e. The van der Waals surface area contributed by atoms with Gasteiger partial charge in [0.15, 0.2) is 0 Å². The van der Waals surface area contributed by atoms with E-state index < -0.39 is 0 Å². The lowest BCUT2D eigenvalue weighted by molar-refractivity contribution is 0.475. The van der Waals surface area contributed by atoms with Gasteiger partial charge in [-0.3, -0.25) is 0 Å². The third kappa shape index (κ3) is 3.56. The maximum atomic E-state index is 9.31. The van der Waals surface area contributed by atoms with Crippen LogP contribution in [0.4, 0.5) is 0 Å². The molecule has 0 heterocycles. The van der Waals surface area contributed by atoms with Crippen LogP contribution < -0.4 is 5.73 Å². The molecule has 0 amide bonds. The smallest absolute Gasteiger partial charge is 0.135 e. The molecule has 1 aromatic carbocycles. The zero-order valence-corrected chi connectivity index (χ0v) is 11.3. The summed E-state index contributed by atoms with van der Waals surface area (Å²) in [4.78, 5) is 0.890. The van der Waals surface area contributed by atoms with Crippen LogP contribution in [-0.2, 0) is 5.75 Å². The molecule has 6 heteroatoms. The molecule has 0 saturated carbocycles. The molecule has 86 valence electrons. The first kappa shape index (κ1) is 13.6. The summed E-state index contributed by atoms with van der Waals surface area (Å²) in [6.45, 7) is 3.71. The molecule has 3 N–H and O–H groups in total. The maximum absolute atomic E-state index is 9.31. The Kier molecular flexibility index (Phi) is 4.92. The Morgan fingerprint density at radius 2 is 2.06 bits per heavy atom. The number of hydrogen-bond donors (Lipinski definition) is 2. The van der Waals surface area contributed by atoms with E-state index in [0.717, 1.165) is 5.56 Å². The summed E-state index contributed by atoms with van der Waals surface area (Å²) in [6.07, 6.45) is 0. The topological polar surface area (TPSA) is 46.2 Å². The van der Waals surface area contributed by atoms with Crippen LogP contribution in [0.15, 0.2) is 23.6 Å². The van der Waals surface area contributed by atoms with E-state index in [1.165, 1.54) is 17.8 Å². The second-order valence-electron chi connectivity index (χ2n) is 2.97. The van der Waals surface area contributed by atoms with Crippen molar-refractivity contribution < 1.29 is 5.11 Å². The Balaban J connectivity index is 2.78. The van der Waals surface area contributed by atoms with Crippen LogP contribution in [0.5, 0.6) is 5.75 Å². The highest BCUT2D eigenvalue weighted by molar-refractivity contribution is 8.04. The zero-order valence-electron chi connectivity index (χ0n) is 8.17. The molecular formula is C10H9Cl2NOS2. The number of thioether (sulfide) groups is 1. The van der Waals surface area contributed by atoms with E-state index in [-0.39, 0.29) is 15.8 Å². The zero-order chi connectivity index (χ0) is 12.3. The second-order valence-corrected chi connectivity index (χ2v) is 5.30. The normalized spacial score (nSPS) is 10.1. The summed E-state index contributed by atoms with van der Waals surface area (Å²) >= 11 is 17.9. The van der Waals surface area contributed by atoms with Gasteiger partial charge in [-0.25, -0.2) is 0 Å². The molecule has 0 saturated heterocycles. The molecule has 0 aliphatic carbocycles. The van der Waals surface area contributed by atoms with Crippen molar-refractivity contribution in [2.75, 3.05) is 0 Å². The summed E-state index contributed by atoms with van der Waals surface area (Å²) in [7, 11) is 0. The largest absolute Gasteiger partial charge is 0.506 e. The van der Waals surface area contributed by atoms with Gasteiger partial charge in [-0.1, -0.05) is 42.0 Å². The van der Waals surface area contributed by atoms with E-state index >= 15 is 0 Å². The minimum atomic E-state index is -0.0337. The van der Waals surface area contributed by atoms with E-state index in [4.69, 9.17) is 41.2 Å². The highest BCUT2D eigenvalue weighted by atomic mass is 35.5. The Morgan fingerprint density at radius 3 is 2.62 bits per heavy atom. The van der Waals surface area contributed by atoms with Gasteiger partial charge in [-0.15, -0.1) is 11.8 Å². The average molecular weight is 294 g/mol. The first-order valence-corrected chi connectivity index (χ1v) is 6.35. The molecule has 2 nitrogen and oxygen atoms in total. The van der Waals surface area contributed by atoms with Crippen molar-refractivity contribution in [2.45, 2.75) is 5.75 Å². The fourth-order valence-electron chi connectivity index (χ4n) is 0.924. The van der Waals surface area contributed by atoms with Crippen molar-refractivity contribution in [3.05, 3.63) is 39.2 Å². The number of hydrogen-bond acceptors (Lipinski definition) is 3. The van der Waals surface area contributed by atoms with Gasteiger partial charge < -0.3 is 10.8 Å². The predicted molar refractivity (Wildman–Crippen MR) is 75.3 cm³/mol. The van der Waals surface area contributed by atoms with E-state index in [2.05, 4.69) is 6.58 Å². The third-order valence-electron chi connectivity index (χ3n) is 1.79. The highest BCUT2D eigenvalue weighted by Crippen LogP contribution is 2.33. The molecule has 16 heavy (non-hydrogen) atoms. The first-order valence-electron chi connectivity index (χ1n) is 4.20. The number of halogens is 2. The minimum absolute atomic E-state index is 0.0337. The molecule has 0 radical (unpaired) electrons. The van der Waals surface area contributed by atoms with Crippen LogP contribution in [0.25, 0.3) is 0 Å². The number of rotatable bonds is 4. The lowest BCUT2D eigenvalue weighted by atomic mass is 10.2. The van der Waals surface area contributed by atoms with Crippen molar-refractivity contribution in [1.82, 2.24) is 0 Å². The number of phenols is 1. The average Bonchev–Trinajstić information content (AvgIpc) is 2.20. The number of thiocarbonyl (C=S) groups is 1. The molecule has 0 spiro atoms. The fraction of sp³-hybridized carbons (Fsp3) is 0.100. The quantitative estimate of drug-likeness (QED) is 0.656. The van der Waals surface area contributed by atoms with Gasteiger partial charge in [0.25, 0.3) is 0 Å². The molecule has 0 bridgehead atoms. The molecule has 1 aromatic rings. The van der Waals surface area contributed by atoms with Crippen LogP contribution in [0.2, 0.25) is 10.0 Å². The van der Waals surface area contributed by atoms with Crippen LogP contribution >= 0.6 is 47.2 Å². The van der Waals surface area contributed by atoms with Crippen LogP contribution in [-0.4, -0.2) is 10.1 Å². The number of phenolic OH excluding ortho intramolecular Hbond substituents is 1. The Hall–Kier alpha value is -0.420. The van der Waals surface area contributed by atoms with Crippen molar-refractivity contribution in [2.24, 2.45) is 5.73 Å². The predicted octanol–water partition coefficient (Wildman–Crippen LogP) is 3.73. The summed E-state index contributed by atoms with van der Waals surface area (Å²) in [6, 6.07) is 3.02. The number of benzene rings is 1. The molecule has 0 aliphatic rings. The first-order chi connectivity index (χ1) is 7.41. The second kappa shape index (κ2) is 5.77. The Labute approximate surface area is 113 Å². The monoisotopic (exact) mass is 293 g/mol. The molecule has 0 unspecified atom stereocenters. The lowest BCUT2D eigenvalue weighted by Gasteiger charge is -2.07. The highest BCUT2D eigenvalue weighted by Gasteiger charge is 2.08. The van der Waals surface area contributed by atoms with Gasteiger partial charge >= 0.3 is 0 Å². The van der Waals surface area contributed by atoms with Gasteiger partial charge in [-0.05, 0) is 11.6 Å². The standard InChI is InChI=1S/C10H9Cl2NOS2/c1-5(10(13)15)16-4-6-2-8(12)9(14)3-7(6)11/h2-3,14H,1,4H2,(H2,13,15). The Morgan fingerprint density at radius 1 is 1.44 bits per heavy atom. The minimum Gasteiger partial charge on any atom is -0.506 e. The van der Waals surface area contributed by atoms with Gasteiger partial charge in [0.05, 0.1) is 5.02 Å². The van der Waals surface area contributed by atoms with Crippen LogP contribution in [0.1, 0.15) is 5.56 Å². The molecular weight excluding hydrogens is 285 g/mol. The summed E-state index contributed by atoms with van der Waals surface area (Å²) in [5.74, 6) is 0.517. The molecule has 1 rings (SSSR count). The summed E-state index contributed by atoms with van der Waals surface area (Å²) < 4.78 is 0. The van der Waals surface area contributed by atoms with Gasteiger partial charge in [-0.2, -0.15) is 0 Å². The van der Waals surface area contributed by atoms with E-state index in [1.54, 1.807) is 6.07 Å². The van der Waals surface area contributed by atoms with E-state index in [9.17, 15) is 5.11 Å². The van der Waals surface area contributed by atoms with E-state index in [1.807, 2.05) is 0 Å². The number of nitrogens with two attached hydrogens (primary N) is 1. The fourth-order valence-corrected chi connectivity index (χ4v) is 2.30. The lowest BCUT2D eigenvalue weighted by Crippen LogP contribution is -2.08. The third-order valence-corrected chi connectivity index (χ3v) is 3.85. The molecule has 0 aromatic heterocycles. The van der Waals surface area contributed by atoms with Crippen molar-refractivity contribution in [3.63, 3.8) is 0 Å². The number of aromatic hydroxyl groups is 1. The van der Waals surface area contributed by atoms with E-state index in [0.29, 0.717) is 15.7 Å². The molecule has 0 aliphatic heterocycles. The van der Waals surface area contributed by atoms with Crippen molar-refractivity contribution >= 4 is 52.2 Å². The van der Waals surface area contributed by atoms with Crippen molar-refractivity contribution in [3.8, 4) is 5.75 Å². The Bertz CT molecular complexity index is 449. The molecule has 0 atom stereocenters.